The minimum atomic E-state index is -0.659. The maximum absolute atomic E-state index is 12.2. The lowest BCUT2D eigenvalue weighted by Crippen LogP contribution is -2.25. The second-order valence-corrected chi connectivity index (χ2v) is 5.41. The molecule has 6 nitrogen and oxygen atoms in total. The van der Waals surface area contributed by atoms with Crippen LogP contribution in [0.1, 0.15) is 10.4 Å². The van der Waals surface area contributed by atoms with Crippen molar-refractivity contribution in [3.05, 3.63) is 59.1 Å². The molecule has 7 heteroatoms. The van der Waals surface area contributed by atoms with Crippen LogP contribution in [-0.2, 0) is 4.79 Å². The van der Waals surface area contributed by atoms with Gasteiger partial charge in [0.25, 0.3) is 11.7 Å². The number of amides is 1. The van der Waals surface area contributed by atoms with Gasteiger partial charge in [0.2, 0.25) is 0 Å². The highest BCUT2D eigenvalue weighted by Crippen LogP contribution is 2.33. The van der Waals surface area contributed by atoms with Gasteiger partial charge in [0, 0.05) is 10.6 Å². The summed E-state index contributed by atoms with van der Waals surface area (Å²) < 4.78 is 0. The molecule has 0 bridgehead atoms. The molecule has 1 aromatic heterocycles. The van der Waals surface area contributed by atoms with Crippen molar-refractivity contribution in [1.82, 2.24) is 15.2 Å². The van der Waals surface area contributed by atoms with Gasteiger partial charge in [-0.2, -0.15) is 4.98 Å². The summed E-state index contributed by atoms with van der Waals surface area (Å²) in [6.07, 6.45) is 0. The molecule has 0 unspecified atom stereocenters. The molecule has 0 atom stereocenters. The number of H-pyrrole nitrogens is 1. The first-order valence-corrected chi connectivity index (χ1v) is 7.19. The van der Waals surface area contributed by atoms with Gasteiger partial charge in [-0.05, 0) is 36.4 Å². The van der Waals surface area contributed by atoms with Gasteiger partial charge >= 0.3 is 5.91 Å². The van der Waals surface area contributed by atoms with Crippen molar-refractivity contribution < 1.29 is 9.59 Å². The van der Waals surface area contributed by atoms with E-state index >= 15 is 0 Å². The van der Waals surface area contributed by atoms with Gasteiger partial charge in [-0.15, -0.1) is 5.10 Å². The van der Waals surface area contributed by atoms with E-state index in [4.69, 9.17) is 11.6 Å². The molecule has 4 rings (SSSR count). The summed E-state index contributed by atoms with van der Waals surface area (Å²) in [7, 11) is 0. The Morgan fingerprint density at radius 2 is 1.74 bits per heavy atom. The van der Waals surface area contributed by atoms with Gasteiger partial charge in [-0.25, -0.2) is 4.90 Å². The van der Waals surface area contributed by atoms with Crippen molar-refractivity contribution in [2.45, 2.75) is 0 Å². The average molecular weight is 325 g/mol. The van der Waals surface area contributed by atoms with Crippen molar-refractivity contribution in [3.63, 3.8) is 0 Å². The van der Waals surface area contributed by atoms with Crippen molar-refractivity contribution >= 4 is 34.9 Å². The van der Waals surface area contributed by atoms with Gasteiger partial charge < -0.3 is 0 Å². The fourth-order valence-corrected chi connectivity index (χ4v) is 2.60. The van der Waals surface area contributed by atoms with Gasteiger partial charge in [0.1, 0.15) is 0 Å². The Morgan fingerprint density at radius 3 is 2.52 bits per heavy atom. The fraction of sp³-hybridized carbons (Fsp3) is 0. The van der Waals surface area contributed by atoms with Crippen LogP contribution in [0.5, 0.6) is 0 Å². The normalized spacial score (nSPS) is 13.5. The third-order valence-electron chi connectivity index (χ3n) is 3.58. The van der Waals surface area contributed by atoms with Crippen LogP contribution >= 0.6 is 11.6 Å². The zero-order valence-electron chi connectivity index (χ0n) is 11.7. The fourth-order valence-electron chi connectivity index (χ4n) is 2.48. The first kappa shape index (κ1) is 13.7. The van der Waals surface area contributed by atoms with Crippen LogP contribution < -0.4 is 4.90 Å². The number of carbonyl (C=O) groups excluding carboxylic acids is 2. The highest BCUT2D eigenvalue weighted by Gasteiger charge is 2.38. The second kappa shape index (κ2) is 5.03. The lowest BCUT2D eigenvalue weighted by molar-refractivity contribution is -0.113. The summed E-state index contributed by atoms with van der Waals surface area (Å²) in [6, 6.07) is 13.8. The number of carbonyl (C=O) groups is 2. The Morgan fingerprint density at radius 1 is 1.00 bits per heavy atom. The molecule has 0 spiro atoms. The third-order valence-corrected chi connectivity index (χ3v) is 3.83. The Balaban J connectivity index is 1.76. The molecule has 0 saturated heterocycles. The monoisotopic (exact) mass is 324 g/mol. The number of para-hydroxylation sites is 1. The highest BCUT2D eigenvalue weighted by atomic mass is 35.5. The maximum Gasteiger partial charge on any atom is 0.306 e. The molecule has 2 heterocycles. The lowest BCUT2D eigenvalue weighted by Gasteiger charge is -2.10. The van der Waals surface area contributed by atoms with Crippen LogP contribution in [0.15, 0.2) is 48.5 Å². The first-order valence-electron chi connectivity index (χ1n) is 6.81. The van der Waals surface area contributed by atoms with Gasteiger partial charge in [-0.3, -0.25) is 14.7 Å². The number of aromatic nitrogens is 3. The Hall–Kier alpha value is -2.99. The molecular weight excluding hydrogens is 316 g/mol. The average Bonchev–Trinajstić information content (AvgIpc) is 3.13. The number of nitrogens with zero attached hydrogens (tertiary/aromatic N) is 3. The number of anilines is 2. The maximum atomic E-state index is 12.2. The van der Waals surface area contributed by atoms with Crippen LogP contribution in [0, 0.1) is 0 Å². The van der Waals surface area contributed by atoms with Gasteiger partial charge in [-0.1, -0.05) is 23.7 Å². The predicted octanol–water partition coefficient (Wildman–Crippen LogP) is 2.99. The second-order valence-electron chi connectivity index (χ2n) is 4.98. The first-order chi connectivity index (χ1) is 11.1. The van der Waals surface area contributed by atoms with Gasteiger partial charge in [0.15, 0.2) is 5.82 Å². The summed E-state index contributed by atoms with van der Waals surface area (Å²) in [6.45, 7) is 0. The minimum Gasteiger partial charge on any atom is -0.283 e. The summed E-state index contributed by atoms with van der Waals surface area (Å²) in [5.41, 5.74) is 1.62. The number of Topliss-reactive ketones (excluding diaryl/α,β-unsaturated/α-hetero) is 1. The van der Waals surface area contributed by atoms with E-state index in [2.05, 4.69) is 15.2 Å². The van der Waals surface area contributed by atoms with E-state index < -0.39 is 11.7 Å². The number of aromatic amines is 1. The SMILES string of the molecule is O=C1C(=O)N(c2n[nH]c(-c3ccc(Cl)cc3)n2)c2ccccc21. The third kappa shape index (κ3) is 2.11. The number of fused-ring (bicyclic) bond motifs is 1. The molecule has 1 N–H and O–H groups in total. The van der Waals surface area contributed by atoms with E-state index in [1.54, 1.807) is 48.5 Å². The lowest BCUT2D eigenvalue weighted by atomic mass is 10.1. The van der Waals surface area contributed by atoms with E-state index in [9.17, 15) is 9.59 Å². The van der Waals surface area contributed by atoms with Crippen LogP contribution in [0.25, 0.3) is 11.4 Å². The zero-order valence-corrected chi connectivity index (χ0v) is 12.4. The minimum absolute atomic E-state index is 0.137. The van der Waals surface area contributed by atoms with Crippen LogP contribution in [0.4, 0.5) is 11.6 Å². The topological polar surface area (TPSA) is 79.0 Å². The summed E-state index contributed by atoms with van der Waals surface area (Å²) >= 11 is 5.86. The van der Waals surface area contributed by atoms with E-state index in [0.29, 0.717) is 22.1 Å². The number of rotatable bonds is 2. The van der Waals surface area contributed by atoms with E-state index in [1.807, 2.05) is 0 Å². The molecular formula is C16H9ClN4O2. The smallest absolute Gasteiger partial charge is 0.283 e. The Bertz CT molecular complexity index is 933. The molecule has 2 aromatic carbocycles. The molecule has 112 valence electrons. The van der Waals surface area contributed by atoms with Crippen LogP contribution in [0.2, 0.25) is 5.02 Å². The summed E-state index contributed by atoms with van der Waals surface area (Å²) in [5.74, 6) is -0.592. The van der Waals surface area contributed by atoms with Crippen LogP contribution in [0.3, 0.4) is 0 Å². The zero-order chi connectivity index (χ0) is 16.0. The molecule has 0 saturated carbocycles. The van der Waals surface area contributed by atoms with E-state index in [1.165, 1.54) is 4.90 Å². The molecule has 0 fully saturated rings. The predicted molar refractivity (Wildman–Crippen MR) is 84.7 cm³/mol. The number of hydrogen-bond donors (Lipinski definition) is 1. The number of ketones is 1. The van der Waals surface area contributed by atoms with E-state index in [0.717, 1.165) is 5.56 Å². The van der Waals surface area contributed by atoms with Crippen molar-refractivity contribution in [2.24, 2.45) is 0 Å². The van der Waals surface area contributed by atoms with E-state index in [-0.39, 0.29) is 5.95 Å². The Kier molecular flexibility index (Phi) is 2.99. The molecule has 0 radical (unpaired) electrons. The van der Waals surface area contributed by atoms with Crippen molar-refractivity contribution in [1.29, 1.82) is 0 Å². The molecule has 23 heavy (non-hydrogen) atoms. The number of benzene rings is 2. The van der Waals surface area contributed by atoms with Crippen molar-refractivity contribution in [3.8, 4) is 11.4 Å². The molecule has 1 aliphatic rings. The van der Waals surface area contributed by atoms with Crippen molar-refractivity contribution in [2.75, 3.05) is 4.90 Å². The largest absolute Gasteiger partial charge is 0.306 e. The molecule has 1 aliphatic heterocycles. The van der Waals surface area contributed by atoms with Gasteiger partial charge in [0.05, 0.1) is 11.3 Å². The molecule has 1 amide bonds. The number of nitrogens with one attached hydrogen (secondary N) is 1. The highest BCUT2D eigenvalue weighted by molar-refractivity contribution is 6.53. The molecule has 0 aliphatic carbocycles. The quantitative estimate of drug-likeness (QED) is 0.735. The Labute approximate surface area is 135 Å². The standard InChI is InChI=1S/C16H9ClN4O2/c17-10-7-5-9(6-8-10)14-18-16(20-19-14)21-12-4-2-1-3-11(12)13(22)15(21)23/h1-8H,(H,18,19,20). The summed E-state index contributed by atoms with van der Waals surface area (Å²) in [5, 5.41) is 7.45. The number of hydrogen-bond acceptors (Lipinski definition) is 4. The number of halogens is 1. The van der Waals surface area contributed by atoms with Crippen LogP contribution in [-0.4, -0.2) is 26.9 Å². The summed E-state index contributed by atoms with van der Waals surface area (Å²) in [4.78, 5) is 29.8. The molecule has 3 aromatic rings.